The van der Waals surface area contributed by atoms with Gasteiger partial charge in [0.1, 0.15) is 5.01 Å². The van der Waals surface area contributed by atoms with Gasteiger partial charge in [-0.1, -0.05) is 57.9 Å². The Morgan fingerprint density at radius 2 is 2.00 bits per heavy atom. The molecule has 1 aromatic heterocycles. The van der Waals surface area contributed by atoms with Crippen LogP contribution in [0.4, 0.5) is 0 Å². The molecule has 196 valence electrons. The quantitative estimate of drug-likeness (QED) is 0.271. The van der Waals surface area contributed by atoms with Gasteiger partial charge >= 0.3 is 0 Å². The number of fused-ring (bicyclic) bond motifs is 1. The van der Waals surface area contributed by atoms with Crippen molar-refractivity contribution in [1.82, 2.24) is 15.2 Å². The molecule has 0 spiro atoms. The monoisotopic (exact) mass is 513 g/mol. The van der Waals surface area contributed by atoms with E-state index in [1.165, 1.54) is 33.4 Å². The van der Waals surface area contributed by atoms with Crippen molar-refractivity contribution in [3.05, 3.63) is 106 Å². The molecule has 0 saturated heterocycles. The van der Waals surface area contributed by atoms with Crippen LogP contribution in [0.2, 0.25) is 0 Å². The van der Waals surface area contributed by atoms with Crippen LogP contribution in [0.1, 0.15) is 79.1 Å². The molecule has 4 heteroatoms. The second-order valence-corrected chi connectivity index (χ2v) is 10.7. The maximum Gasteiger partial charge on any atom is 0.119 e. The summed E-state index contributed by atoms with van der Waals surface area (Å²) in [5.41, 5.74) is 11.5. The summed E-state index contributed by atoms with van der Waals surface area (Å²) in [6.07, 6.45) is 15.4. The molecule has 3 rings (SSSR count). The maximum absolute atomic E-state index is 4.76. The van der Waals surface area contributed by atoms with Crippen LogP contribution in [-0.2, 0) is 12.8 Å². The van der Waals surface area contributed by atoms with Gasteiger partial charge in [0, 0.05) is 30.7 Å². The van der Waals surface area contributed by atoms with Crippen molar-refractivity contribution in [3.8, 4) is 0 Å². The second-order valence-electron chi connectivity index (χ2n) is 9.66. The average molecular weight is 514 g/mol. The molecule has 2 aromatic rings. The Morgan fingerprint density at radius 3 is 2.68 bits per heavy atom. The van der Waals surface area contributed by atoms with Gasteiger partial charge in [0.05, 0.1) is 4.88 Å². The van der Waals surface area contributed by atoms with Gasteiger partial charge in [-0.25, -0.2) is 4.98 Å². The van der Waals surface area contributed by atoms with Crippen molar-refractivity contribution >= 4 is 28.2 Å². The van der Waals surface area contributed by atoms with Gasteiger partial charge in [0.15, 0.2) is 0 Å². The van der Waals surface area contributed by atoms with Crippen LogP contribution in [0.3, 0.4) is 0 Å². The van der Waals surface area contributed by atoms with E-state index in [1.54, 1.807) is 17.5 Å². The standard InChI is InChI=1S/C33H43N3S/c1-9-13-27(11-3)31(34-12-4)21-24(6)33-35-22-32(37-33)26(8)36(19-10-2)20-18-28-15-17-29-23(5)14-16-30(29)25(28)7/h9,12-13,15,17,21-22,34H,4-5,8,10-11,14,16,18-20H2,1-3,6-7H3/b13-9-,24-21+,31-27+. The Hall–Kier alpha value is -3.11. The Morgan fingerprint density at radius 1 is 1.22 bits per heavy atom. The first-order valence-corrected chi connectivity index (χ1v) is 14.3. The van der Waals surface area contributed by atoms with E-state index in [0.29, 0.717) is 0 Å². The molecule has 1 aliphatic carbocycles. The molecule has 0 fully saturated rings. The van der Waals surface area contributed by atoms with Crippen LogP contribution < -0.4 is 5.32 Å². The summed E-state index contributed by atoms with van der Waals surface area (Å²) in [6, 6.07) is 4.58. The highest BCUT2D eigenvalue weighted by Crippen LogP contribution is 2.35. The number of hydrogen-bond donors (Lipinski definition) is 1. The summed E-state index contributed by atoms with van der Waals surface area (Å²) >= 11 is 1.71. The summed E-state index contributed by atoms with van der Waals surface area (Å²) < 4.78 is 0. The minimum atomic E-state index is 0.939. The van der Waals surface area contributed by atoms with Crippen LogP contribution in [0.5, 0.6) is 0 Å². The summed E-state index contributed by atoms with van der Waals surface area (Å²) in [7, 11) is 0. The first-order chi connectivity index (χ1) is 17.8. The number of hydrogen-bond acceptors (Lipinski definition) is 4. The zero-order chi connectivity index (χ0) is 26.9. The fourth-order valence-electron chi connectivity index (χ4n) is 5.01. The van der Waals surface area contributed by atoms with E-state index >= 15 is 0 Å². The van der Waals surface area contributed by atoms with E-state index in [1.807, 2.05) is 13.1 Å². The average Bonchev–Trinajstić information content (AvgIpc) is 3.53. The molecule has 37 heavy (non-hydrogen) atoms. The molecule has 0 amide bonds. The highest BCUT2D eigenvalue weighted by atomic mass is 32.1. The minimum absolute atomic E-state index is 0.939. The van der Waals surface area contributed by atoms with Crippen molar-refractivity contribution in [2.75, 3.05) is 13.1 Å². The molecular formula is C33H43N3S. The number of aromatic nitrogens is 1. The van der Waals surface area contributed by atoms with Gasteiger partial charge in [-0.2, -0.15) is 0 Å². The molecule has 3 nitrogen and oxygen atoms in total. The SMILES string of the molecule is C=CNC(/C=C(\C)c1ncc(C(=C)N(CCC)CCc2ccc3c(c2C)CCC3=C)s1)=C(/C=C\C)CC. The van der Waals surface area contributed by atoms with Crippen LogP contribution in [0, 0.1) is 6.92 Å². The molecule has 0 radical (unpaired) electrons. The van der Waals surface area contributed by atoms with Crippen molar-refractivity contribution in [1.29, 1.82) is 0 Å². The van der Waals surface area contributed by atoms with Gasteiger partial charge in [0.2, 0.25) is 0 Å². The zero-order valence-corrected chi connectivity index (χ0v) is 24.2. The van der Waals surface area contributed by atoms with E-state index in [9.17, 15) is 0 Å². The third-order valence-electron chi connectivity index (χ3n) is 7.14. The van der Waals surface area contributed by atoms with Gasteiger partial charge in [0.25, 0.3) is 0 Å². The van der Waals surface area contributed by atoms with Gasteiger partial charge < -0.3 is 10.2 Å². The second kappa shape index (κ2) is 13.4. The zero-order valence-electron chi connectivity index (χ0n) is 23.4. The fraction of sp³-hybridized carbons (Fsp3) is 0.364. The van der Waals surface area contributed by atoms with Crippen molar-refractivity contribution in [2.45, 2.75) is 66.7 Å². The third-order valence-corrected chi connectivity index (χ3v) is 8.32. The van der Waals surface area contributed by atoms with Gasteiger partial charge in [-0.3, -0.25) is 0 Å². The number of allylic oxidation sites excluding steroid dienone is 6. The molecule has 0 bridgehead atoms. The maximum atomic E-state index is 4.76. The van der Waals surface area contributed by atoms with E-state index in [2.05, 4.69) is 88.0 Å². The largest absolute Gasteiger partial charge is 0.371 e. The lowest BCUT2D eigenvalue weighted by atomic mass is 9.96. The predicted octanol–water partition coefficient (Wildman–Crippen LogP) is 8.71. The lowest BCUT2D eigenvalue weighted by Gasteiger charge is -2.26. The number of nitrogens with one attached hydrogen (secondary N) is 1. The Labute approximate surface area is 228 Å². The summed E-state index contributed by atoms with van der Waals surface area (Å²) in [5.74, 6) is 0. The molecular weight excluding hydrogens is 470 g/mol. The fourth-order valence-corrected chi connectivity index (χ4v) is 5.89. The topological polar surface area (TPSA) is 28.2 Å². The molecule has 1 heterocycles. The Kier molecular flexibility index (Phi) is 10.3. The lowest BCUT2D eigenvalue weighted by molar-refractivity contribution is 0.402. The van der Waals surface area contributed by atoms with Crippen molar-refractivity contribution in [2.24, 2.45) is 0 Å². The highest BCUT2D eigenvalue weighted by molar-refractivity contribution is 7.13. The molecule has 0 saturated carbocycles. The third kappa shape index (κ3) is 6.81. The molecule has 1 aliphatic rings. The van der Waals surface area contributed by atoms with E-state index < -0.39 is 0 Å². The van der Waals surface area contributed by atoms with Crippen LogP contribution >= 0.6 is 11.3 Å². The van der Waals surface area contributed by atoms with Gasteiger partial charge in [-0.05, 0) is 104 Å². The van der Waals surface area contributed by atoms with Crippen LogP contribution in [0.15, 0.2) is 73.8 Å². The minimum Gasteiger partial charge on any atom is -0.371 e. The number of thiazole rings is 1. The first-order valence-electron chi connectivity index (χ1n) is 13.5. The predicted molar refractivity (Wildman–Crippen MR) is 164 cm³/mol. The van der Waals surface area contributed by atoms with Crippen LogP contribution in [-0.4, -0.2) is 23.0 Å². The summed E-state index contributed by atoms with van der Waals surface area (Å²) in [6.45, 7) is 25.4. The Balaban J connectivity index is 1.78. The van der Waals surface area contributed by atoms with E-state index in [0.717, 1.165) is 72.0 Å². The summed E-state index contributed by atoms with van der Waals surface area (Å²) in [5, 5.41) is 4.32. The number of benzene rings is 1. The molecule has 1 N–H and O–H groups in total. The van der Waals surface area contributed by atoms with Crippen LogP contribution in [0.25, 0.3) is 16.8 Å². The first kappa shape index (κ1) is 28.5. The van der Waals surface area contributed by atoms with E-state index in [-0.39, 0.29) is 0 Å². The number of nitrogens with zero attached hydrogens (tertiary/aromatic N) is 2. The number of rotatable bonds is 13. The molecule has 0 aliphatic heterocycles. The molecule has 0 unspecified atom stereocenters. The smallest absolute Gasteiger partial charge is 0.119 e. The lowest BCUT2D eigenvalue weighted by Crippen LogP contribution is -2.25. The Bertz CT molecular complexity index is 1240. The summed E-state index contributed by atoms with van der Waals surface area (Å²) in [4.78, 5) is 8.32. The van der Waals surface area contributed by atoms with Crippen molar-refractivity contribution in [3.63, 3.8) is 0 Å². The van der Waals surface area contributed by atoms with Gasteiger partial charge in [-0.15, -0.1) is 11.3 Å². The van der Waals surface area contributed by atoms with Crippen molar-refractivity contribution < 1.29 is 0 Å². The molecule has 1 aromatic carbocycles. The normalized spacial score (nSPS) is 14.1. The highest BCUT2D eigenvalue weighted by Gasteiger charge is 2.19. The van der Waals surface area contributed by atoms with E-state index in [4.69, 9.17) is 4.98 Å². The molecule has 0 atom stereocenters.